The van der Waals surface area contributed by atoms with Crippen LogP contribution in [0.5, 0.6) is 0 Å². The highest BCUT2D eigenvalue weighted by Gasteiger charge is 2.38. The van der Waals surface area contributed by atoms with E-state index in [-0.39, 0.29) is 22.8 Å². The first-order chi connectivity index (χ1) is 9.41. The second kappa shape index (κ2) is 5.38. The van der Waals surface area contributed by atoms with E-state index in [0.717, 1.165) is 32.1 Å². The average molecular weight is 278 g/mol. The summed E-state index contributed by atoms with van der Waals surface area (Å²) in [7, 11) is 0. The van der Waals surface area contributed by atoms with E-state index in [4.69, 9.17) is 5.11 Å². The van der Waals surface area contributed by atoms with Gasteiger partial charge < -0.3 is 5.11 Å². The van der Waals surface area contributed by atoms with Gasteiger partial charge in [-0.25, -0.2) is 4.79 Å². The molecule has 1 fully saturated rings. The molecule has 5 heteroatoms. The summed E-state index contributed by atoms with van der Waals surface area (Å²) in [6.45, 7) is 5.55. The van der Waals surface area contributed by atoms with E-state index >= 15 is 0 Å². The number of aromatic nitrogens is 2. The molecule has 0 unspecified atom stereocenters. The van der Waals surface area contributed by atoms with Crippen LogP contribution in [0.15, 0.2) is 6.20 Å². The van der Waals surface area contributed by atoms with Gasteiger partial charge >= 0.3 is 5.97 Å². The van der Waals surface area contributed by atoms with Crippen molar-refractivity contribution in [2.45, 2.75) is 58.9 Å². The lowest BCUT2D eigenvalue weighted by molar-refractivity contribution is -0.129. The number of ketones is 1. The summed E-state index contributed by atoms with van der Waals surface area (Å²) >= 11 is 0. The quantitative estimate of drug-likeness (QED) is 0.919. The fourth-order valence-electron chi connectivity index (χ4n) is 3.36. The first kappa shape index (κ1) is 14.8. The predicted molar refractivity (Wildman–Crippen MR) is 74.8 cm³/mol. The van der Waals surface area contributed by atoms with Crippen molar-refractivity contribution >= 4 is 11.8 Å². The maximum atomic E-state index is 11.9. The zero-order valence-electron chi connectivity index (χ0n) is 12.3. The molecule has 1 aromatic rings. The van der Waals surface area contributed by atoms with Crippen LogP contribution in [0.1, 0.15) is 68.0 Å². The van der Waals surface area contributed by atoms with Gasteiger partial charge in [0.2, 0.25) is 0 Å². The molecule has 1 saturated carbocycles. The van der Waals surface area contributed by atoms with Gasteiger partial charge in [0.05, 0.1) is 17.9 Å². The van der Waals surface area contributed by atoms with Crippen molar-refractivity contribution in [3.8, 4) is 0 Å². The molecular weight excluding hydrogens is 256 g/mol. The molecule has 0 spiro atoms. The molecule has 0 amide bonds. The Morgan fingerprint density at radius 3 is 2.45 bits per heavy atom. The monoisotopic (exact) mass is 278 g/mol. The number of rotatable bonds is 4. The van der Waals surface area contributed by atoms with Gasteiger partial charge in [0.25, 0.3) is 0 Å². The Kier molecular flexibility index (Phi) is 3.97. The maximum Gasteiger partial charge on any atom is 0.339 e. The number of carboxylic acids is 1. The van der Waals surface area contributed by atoms with Crippen LogP contribution in [-0.4, -0.2) is 26.6 Å². The Morgan fingerprint density at radius 2 is 2.05 bits per heavy atom. The van der Waals surface area contributed by atoms with E-state index in [2.05, 4.69) is 12.0 Å². The van der Waals surface area contributed by atoms with E-state index in [0.29, 0.717) is 5.69 Å². The summed E-state index contributed by atoms with van der Waals surface area (Å²) in [6, 6.07) is 0.210. The van der Waals surface area contributed by atoms with Gasteiger partial charge in [0.15, 0.2) is 0 Å². The van der Waals surface area contributed by atoms with E-state index in [1.54, 1.807) is 13.8 Å². The molecule has 110 valence electrons. The standard InChI is InChI=1S/C15H22N2O3/c1-4-15(11(3)18)7-5-12(6-8-15)17-10(2)13(9-16-17)14(19)20/h9,12H,4-8H2,1-3H3,(H,19,20). The first-order valence-corrected chi connectivity index (χ1v) is 7.19. The summed E-state index contributed by atoms with van der Waals surface area (Å²) in [5.41, 5.74) is 0.797. The van der Waals surface area contributed by atoms with Crippen LogP contribution in [0.25, 0.3) is 0 Å². The Bertz CT molecular complexity index is 525. The predicted octanol–water partition coefficient (Wildman–Crippen LogP) is 2.99. The molecule has 0 atom stereocenters. The number of Topliss-reactive ketones (excluding diaryl/α,β-unsaturated/α-hetero) is 1. The SMILES string of the molecule is CCC1(C(C)=O)CCC(n2ncc(C(=O)O)c2C)CC1. The van der Waals surface area contributed by atoms with Crippen molar-refractivity contribution in [3.05, 3.63) is 17.5 Å². The topological polar surface area (TPSA) is 72.2 Å². The molecule has 20 heavy (non-hydrogen) atoms. The van der Waals surface area contributed by atoms with E-state index < -0.39 is 5.97 Å². The summed E-state index contributed by atoms with van der Waals surface area (Å²) in [5.74, 6) is -0.655. The number of carbonyl (C=O) groups excluding carboxylic acids is 1. The zero-order chi connectivity index (χ0) is 14.9. The van der Waals surface area contributed by atoms with Crippen molar-refractivity contribution < 1.29 is 14.7 Å². The van der Waals surface area contributed by atoms with Crippen LogP contribution in [0.2, 0.25) is 0 Å². The lowest BCUT2D eigenvalue weighted by atomic mass is 9.68. The van der Waals surface area contributed by atoms with Crippen molar-refractivity contribution in [2.24, 2.45) is 5.41 Å². The molecule has 2 rings (SSSR count). The van der Waals surface area contributed by atoms with Gasteiger partial charge in [-0.3, -0.25) is 9.48 Å². The molecule has 0 bridgehead atoms. The maximum absolute atomic E-state index is 11.9. The Labute approximate surface area is 119 Å². The molecule has 1 N–H and O–H groups in total. The second-order valence-corrected chi connectivity index (χ2v) is 5.81. The normalized spacial score (nSPS) is 26.4. The molecule has 0 radical (unpaired) electrons. The number of carboxylic acid groups (broad SMARTS) is 1. The average Bonchev–Trinajstić information content (AvgIpc) is 2.80. The minimum absolute atomic E-state index is 0.173. The van der Waals surface area contributed by atoms with Crippen LogP contribution >= 0.6 is 0 Å². The smallest absolute Gasteiger partial charge is 0.339 e. The van der Waals surface area contributed by atoms with Crippen LogP contribution in [0.3, 0.4) is 0 Å². The number of nitrogens with zero attached hydrogens (tertiary/aromatic N) is 2. The molecule has 1 aliphatic rings. The third-order valence-electron chi connectivity index (χ3n) is 4.96. The van der Waals surface area contributed by atoms with Crippen LogP contribution in [0.4, 0.5) is 0 Å². The van der Waals surface area contributed by atoms with Gasteiger partial charge in [-0.1, -0.05) is 6.92 Å². The minimum atomic E-state index is -0.934. The Hall–Kier alpha value is -1.65. The Balaban J connectivity index is 2.15. The molecule has 1 aliphatic carbocycles. The van der Waals surface area contributed by atoms with Gasteiger partial charge in [-0.05, 0) is 46.0 Å². The van der Waals surface area contributed by atoms with Gasteiger partial charge in [0, 0.05) is 5.41 Å². The van der Waals surface area contributed by atoms with E-state index in [1.165, 1.54) is 6.20 Å². The van der Waals surface area contributed by atoms with Gasteiger partial charge in [-0.2, -0.15) is 5.10 Å². The second-order valence-electron chi connectivity index (χ2n) is 5.81. The molecule has 0 saturated heterocycles. The van der Waals surface area contributed by atoms with Gasteiger partial charge in [0.1, 0.15) is 11.3 Å². The van der Waals surface area contributed by atoms with Crippen molar-refractivity contribution in [2.75, 3.05) is 0 Å². The summed E-state index contributed by atoms with van der Waals surface area (Å²) in [6.07, 6.45) is 5.80. The van der Waals surface area contributed by atoms with Crippen LogP contribution < -0.4 is 0 Å². The first-order valence-electron chi connectivity index (χ1n) is 7.19. The van der Waals surface area contributed by atoms with E-state index in [1.807, 2.05) is 4.68 Å². The molecular formula is C15H22N2O3. The highest BCUT2D eigenvalue weighted by molar-refractivity contribution is 5.88. The number of hydrogen-bond acceptors (Lipinski definition) is 3. The van der Waals surface area contributed by atoms with Crippen molar-refractivity contribution in [1.82, 2.24) is 9.78 Å². The van der Waals surface area contributed by atoms with Crippen molar-refractivity contribution in [3.63, 3.8) is 0 Å². The highest BCUT2D eigenvalue weighted by Crippen LogP contribution is 2.44. The largest absolute Gasteiger partial charge is 0.478 e. The number of hydrogen-bond donors (Lipinski definition) is 1. The van der Waals surface area contributed by atoms with Gasteiger partial charge in [-0.15, -0.1) is 0 Å². The molecule has 1 aromatic heterocycles. The van der Waals surface area contributed by atoms with E-state index in [9.17, 15) is 9.59 Å². The minimum Gasteiger partial charge on any atom is -0.478 e. The lowest BCUT2D eigenvalue weighted by Crippen LogP contribution is -2.34. The fraction of sp³-hybridized carbons (Fsp3) is 0.667. The highest BCUT2D eigenvalue weighted by atomic mass is 16.4. The molecule has 5 nitrogen and oxygen atoms in total. The van der Waals surface area contributed by atoms with Crippen LogP contribution in [-0.2, 0) is 4.79 Å². The lowest BCUT2D eigenvalue weighted by Gasteiger charge is -2.38. The van der Waals surface area contributed by atoms with Crippen LogP contribution in [0, 0.1) is 12.3 Å². The summed E-state index contributed by atoms with van der Waals surface area (Å²) in [5, 5.41) is 13.3. The summed E-state index contributed by atoms with van der Waals surface area (Å²) in [4.78, 5) is 22.9. The fourth-order valence-corrected chi connectivity index (χ4v) is 3.36. The summed E-state index contributed by atoms with van der Waals surface area (Å²) < 4.78 is 1.82. The number of aromatic carboxylic acids is 1. The molecule has 0 aromatic carbocycles. The third kappa shape index (κ3) is 2.37. The van der Waals surface area contributed by atoms with Crippen molar-refractivity contribution in [1.29, 1.82) is 0 Å². The number of carbonyl (C=O) groups is 2. The Morgan fingerprint density at radius 1 is 1.45 bits per heavy atom. The molecule has 1 heterocycles. The third-order valence-corrected chi connectivity index (χ3v) is 4.96. The zero-order valence-corrected chi connectivity index (χ0v) is 12.3. The molecule has 0 aliphatic heterocycles.